The van der Waals surface area contributed by atoms with Crippen molar-refractivity contribution < 1.29 is 0 Å². The van der Waals surface area contributed by atoms with Gasteiger partial charge in [-0.3, -0.25) is 10.4 Å². The molecule has 0 saturated heterocycles. The number of rotatable bonds is 5. The standard InChI is InChI=1S/C19H19N3S/c1-2-6-14-9-10-15(13-7-4-3-5-8-13)18(17(14)19(20)21)16-11-22-12-23-16/h3-5,7-12H,2,6H2,1H3,(H3,20,21). The van der Waals surface area contributed by atoms with Gasteiger partial charge in [-0.25, -0.2) is 0 Å². The summed E-state index contributed by atoms with van der Waals surface area (Å²) in [7, 11) is 0. The lowest BCUT2D eigenvalue weighted by Gasteiger charge is -2.17. The molecule has 0 spiro atoms. The summed E-state index contributed by atoms with van der Waals surface area (Å²) in [4.78, 5) is 5.26. The van der Waals surface area contributed by atoms with Crippen LogP contribution in [0.25, 0.3) is 21.6 Å². The second kappa shape index (κ2) is 6.75. The average molecular weight is 321 g/mol. The first-order valence-corrected chi connectivity index (χ1v) is 8.55. The summed E-state index contributed by atoms with van der Waals surface area (Å²) in [6.07, 6.45) is 3.79. The summed E-state index contributed by atoms with van der Waals surface area (Å²) in [6, 6.07) is 14.5. The molecular formula is C19H19N3S. The first-order chi connectivity index (χ1) is 11.2. The van der Waals surface area contributed by atoms with Crippen LogP contribution < -0.4 is 5.73 Å². The zero-order valence-corrected chi connectivity index (χ0v) is 13.9. The highest BCUT2D eigenvalue weighted by atomic mass is 32.1. The van der Waals surface area contributed by atoms with Gasteiger partial charge in [-0.15, -0.1) is 11.3 Å². The smallest absolute Gasteiger partial charge is 0.123 e. The number of nitrogens with zero attached hydrogens (tertiary/aromatic N) is 1. The molecule has 4 heteroatoms. The van der Waals surface area contributed by atoms with Gasteiger partial charge in [0.1, 0.15) is 5.84 Å². The number of hydrogen-bond acceptors (Lipinski definition) is 3. The fraction of sp³-hybridized carbons (Fsp3) is 0.158. The number of aryl methyl sites for hydroxylation is 1. The Morgan fingerprint density at radius 1 is 1.17 bits per heavy atom. The monoisotopic (exact) mass is 321 g/mol. The number of benzene rings is 2. The molecule has 0 aliphatic heterocycles. The Balaban J connectivity index is 2.33. The minimum Gasteiger partial charge on any atom is -0.384 e. The Hall–Kier alpha value is -2.46. The van der Waals surface area contributed by atoms with E-state index in [1.807, 2.05) is 29.9 Å². The highest BCUT2D eigenvalue weighted by Gasteiger charge is 2.19. The molecule has 0 bridgehead atoms. The van der Waals surface area contributed by atoms with Gasteiger partial charge in [0.15, 0.2) is 0 Å². The molecule has 1 heterocycles. The van der Waals surface area contributed by atoms with E-state index in [9.17, 15) is 0 Å². The normalized spacial score (nSPS) is 10.7. The van der Waals surface area contributed by atoms with Crippen molar-refractivity contribution >= 4 is 17.2 Å². The van der Waals surface area contributed by atoms with E-state index in [0.29, 0.717) is 0 Å². The molecule has 3 rings (SSSR count). The summed E-state index contributed by atoms with van der Waals surface area (Å²) >= 11 is 1.58. The van der Waals surface area contributed by atoms with Gasteiger partial charge in [0.05, 0.1) is 10.4 Å². The van der Waals surface area contributed by atoms with Crippen molar-refractivity contribution in [2.24, 2.45) is 5.73 Å². The predicted molar refractivity (Wildman–Crippen MR) is 98.0 cm³/mol. The summed E-state index contributed by atoms with van der Waals surface area (Å²) in [5, 5.41) is 8.12. The second-order valence-corrected chi connectivity index (χ2v) is 6.30. The van der Waals surface area contributed by atoms with Crippen LogP contribution in [-0.4, -0.2) is 10.8 Å². The van der Waals surface area contributed by atoms with Gasteiger partial charge in [0.2, 0.25) is 0 Å². The van der Waals surface area contributed by atoms with Crippen LogP contribution in [0.3, 0.4) is 0 Å². The van der Waals surface area contributed by atoms with Crippen molar-refractivity contribution in [2.75, 3.05) is 0 Å². The number of nitrogens with two attached hydrogens (primary N) is 1. The van der Waals surface area contributed by atoms with Crippen molar-refractivity contribution in [3.63, 3.8) is 0 Å². The second-order valence-electron chi connectivity index (χ2n) is 5.42. The Morgan fingerprint density at radius 2 is 1.96 bits per heavy atom. The third kappa shape index (κ3) is 3.03. The maximum absolute atomic E-state index is 8.12. The molecule has 0 fully saturated rings. The van der Waals surface area contributed by atoms with Crippen molar-refractivity contribution in [1.29, 1.82) is 5.41 Å². The Bertz CT molecular complexity index is 808. The van der Waals surface area contributed by atoms with Crippen LogP contribution in [0.1, 0.15) is 24.5 Å². The molecule has 2 aromatic carbocycles. The Morgan fingerprint density at radius 3 is 2.57 bits per heavy atom. The van der Waals surface area contributed by atoms with Gasteiger partial charge in [-0.05, 0) is 23.1 Å². The topological polar surface area (TPSA) is 62.8 Å². The molecule has 0 amide bonds. The van der Waals surface area contributed by atoms with Crippen LogP contribution >= 0.6 is 11.3 Å². The van der Waals surface area contributed by atoms with Crippen LogP contribution in [-0.2, 0) is 6.42 Å². The predicted octanol–water partition coefficient (Wildman–Crippen LogP) is 4.71. The molecule has 1 aromatic heterocycles. The third-order valence-corrected chi connectivity index (χ3v) is 4.63. The van der Waals surface area contributed by atoms with E-state index in [1.165, 1.54) is 0 Å². The molecule has 116 valence electrons. The molecule has 3 N–H and O–H groups in total. The van der Waals surface area contributed by atoms with Gasteiger partial charge < -0.3 is 5.73 Å². The van der Waals surface area contributed by atoms with Gasteiger partial charge >= 0.3 is 0 Å². The van der Waals surface area contributed by atoms with Crippen molar-refractivity contribution in [1.82, 2.24) is 4.98 Å². The molecule has 3 aromatic rings. The fourth-order valence-corrected chi connectivity index (χ4v) is 3.57. The average Bonchev–Trinajstić information content (AvgIpc) is 3.09. The minimum atomic E-state index is 0.120. The first kappa shape index (κ1) is 15.4. The van der Waals surface area contributed by atoms with Crippen molar-refractivity contribution in [3.05, 3.63) is 65.3 Å². The number of hydrogen-bond donors (Lipinski definition) is 2. The maximum Gasteiger partial charge on any atom is 0.123 e. The molecule has 0 radical (unpaired) electrons. The van der Waals surface area contributed by atoms with E-state index >= 15 is 0 Å². The summed E-state index contributed by atoms with van der Waals surface area (Å²) in [6.45, 7) is 2.14. The lowest BCUT2D eigenvalue weighted by Crippen LogP contribution is -2.16. The molecule has 3 nitrogen and oxygen atoms in total. The van der Waals surface area contributed by atoms with Crippen LogP contribution in [0.15, 0.2) is 54.2 Å². The molecule has 0 aliphatic carbocycles. The number of amidine groups is 1. The van der Waals surface area contributed by atoms with Crippen LogP contribution in [0.5, 0.6) is 0 Å². The summed E-state index contributed by atoms with van der Waals surface area (Å²) < 4.78 is 0. The molecule has 0 aliphatic rings. The maximum atomic E-state index is 8.12. The number of thiazole rings is 1. The van der Waals surface area contributed by atoms with E-state index in [0.717, 1.165) is 45.5 Å². The van der Waals surface area contributed by atoms with Gasteiger partial charge in [-0.2, -0.15) is 0 Å². The minimum absolute atomic E-state index is 0.120. The van der Waals surface area contributed by atoms with Crippen LogP contribution in [0, 0.1) is 5.41 Å². The van der Waals surface area contributed by atoms with E-state index in [4.69, 9.17) is 11.1 Å². The lowest BCUT2D eigenvalue weighted by molar-refractivity contribution is 0.919. The third-order valence-electron chi connectivity index (χ3n) is 3.84. The highest BCUT2D eigenvalue weighted by molar-refractivity contribution is 7.13. The fourth-order valence-electron chi connectivity index (χ4n) is 2.88. The largest absolute Gasteiger partial charge is 0.384 e. The number of aromatic nitrogens is 1. The Labute approximate surface area is 140 Å². The van der Waals surface area contributed by atoms with E-state index in [2.05, 4.69) is 36.2 Å². The Kier molecular flexibility index (Phi) is 4.53. The summed E-state index contributed by atoms with van der Waals surface area (Å²) in [5.41, 5.74) is 13.0. The SMILES string of the molecule is CCCc1ccc(-c2ccccc2)c(-c2cncs2)c1C(=N)N. The molecule has 0 unspecified atom stereocenters. The summed E-state index contributed by atoms with van der Waals surface area (Å²) in [5.74, 6) is 0.120. The van der Waals surface area contributed by atoms with E-state index in [1.54, 1.807) is 11.3 Å². The molecule has 23 heavy (non-hydrogen) atoms. The van der Waals surface area contributed by atoms with Gasteiger partial charge in [0, 0.05) is 17.3 Å². The molecule has 0 saturated carbocycles. The number of nitrogen functional groups attached to an aromatic ring is 1. The zero-order valence-electron chi connectivity index (χ0n) is 13.0. The first-order valence-electron chi connectivity index (χ1n) is 7.67. The number of nitrogens with one attached hydrogen (secondary N) is 1. The molecule has 0 atom stereocenters. The van der Waals surface area contributed by atoms with Crippen LogP contribution in [0.2, 0.25) is 0 Å². The van der Waals surface area contributed by atoms with Crippen LogP contribution in [0.4, 0.5) is 0 Å². The van der Waals surface area contributed by atoms with Crippen molar-refractivity contribution in [2.45, 2.75) is 19.8 Å². The molecular weight excluding hydrogens is 302 g/mol. The van der Waals surface area contributed by atoms with E-state index in [-0.39, 0.29) is 5.84 Å². The van der Waals surface area contributed by atoms with E-state index < -0.39 is 0 Å². The van der Waals surface area contributed by atoms with Crippen molar-refractivity contribution in [3.8, 4) is 21.6 Å². The highest BCUT2D eigenvalue weighted by Crippen LogP contribution is 2.38. The zero-order chi connectivity index (χ0) is 16.2. The lowest BCUT2D eigenvalue weighted by atomic mass is 9.89. The van der Waals surface area contributed by atoms with Gasteiger partial charge in [0.25, 0.3) is 0 Å². The quantitative estimate of drug-likeness (QED) is 0.528. The van der Waals surface area contributed by atoms with Gasteiger partial charge in [-0.1, -0.05) is 55.8 Å².